The summed E-state index contributed by atoms with van der Waals surface area (Å²) in [7, 11) is 0. The van der Waals surface area contributed by atoms with E-state index in [-0.39, 0.29) is 0 Å². The predicted octanol–water partition coefficient (Wildman–Crippen LogP) is 4.62. The van der Waals surface area contributed by atoms with Gasteiger partial charge in [0.1, 0.15) is 0 Å². The minimum Gasteiger partial charge on any atom is -0.341 e. The third-order valence-corrected chi connectivity index (χ3v) is 5.74. The van der Waals surface area contributed by atoms with Crippen molar-refractivity contribution in [2.45, 2.75) is 38.5 Å². The van der Waals surface area contributed by atoms with Crippen molar-refractivity contribution < 1.29 is 0 Å². The molecule has 158 valence electrons. The maximum Gasteiger partial charge on any atom is 0.250 e. The van der Waals surface area contributed by atoms with E-state index in [0.29, 0.717) is 11.0 Å². The molecule has 1 aromatic heterocycles. The minimum atomic E-state index is 0.480. The van der Waals surface area contributed by atoms with E-state index in [9.17, 15) is 0 Å². The predicted molar refractivity (Wildman–Crippen MR) is 125 cm³/mol. The van der Waals surface area contributed by atoms with Crippen LogP contribution in [0.5, 0.6) is 0 Å². The van der Waals surface area contributed by atoms with Crippen LogP contribution in [0.1, 0.15) is 44.1 Å². The van der Waals surface area contributed by atoms with E-state index >= 15 is 0 Å². The Morgan fingerprint density at radius 2 is 1.43 bits per heavy atom. The lowest BCUT2D eigenvalue weighted by Gasteiger charge is -2.30. The molecule has 0 aliphatic carbocycles. The normalized spacial score (nSPS) is 17.8. The monoisotopic (exact) mass is 425 g/mol. The Labute approximate surface area is 182 Å². The first-order chi connectivity index (χ1) is 14.8. The summed E-state index contributed by atoms with van der Waals surface area (Å²) in [6.07, 6.45) is 12.7. The first-order valence-corrected chi connectivity index (χ1v) is 11.1. The fraction of sp³-hybridized carbons (Fsp3) is 0.455. The zero-order valence-electron chi connectivity index (χ0n) is 17.2. The van der Waals surface area contributed by atoms with Gasteiger partial charge in [0.15, 0.2) is 0 Å². The van der Waals surface area contributed by atoms with Crippen molar-refractivity contribution in [2.24, 2.45) is 5.10 Å². The van der Waals surface area contributed by atoms with Crippen LogP contribution in [0.15, 0.2) is 35.4 Å². The van der Waals surface area contributed by atoms with Gasteiger partial charge in [-0.3, -0.25) is 0 Å². The van der Waals surface area contributed by atoms with E-state index in [4.69, 9.17) is 16.6 Å². The number of anilines is 3. The Morgan fingerprint density at radius 3 is 2.03 bits per heavy atom. The molecule has 3 heterocycles. The maximum absolute atomic E-state index is 6.17. The lowest BCUT2D eigenvalue weighted by atomic mass is 10.1. The van der Waals surface area contributed by atoms with Gasteiger partial charge in [0.05, 0.1) is 0 Å². The van der Waals surface area contributed by atoms with Crippen molar-refractivity contribution >= 4 is 41.7 Å². The second-order valence-corrected chi connectivity index (χ2v) is 8.03. The van der Waals surface area contributed by atoms with Gasteiger partial charge in [0, 0.05) is 37.4 Å². The van der Waals surface area contributed by atoms with Crippen LogP contribution >= 0.6 is 11.6 Å². The number of hydrazone groups is 1. The molecule has 0 radical (unpaired) electrons. The SMILES string of the molecule is Clc1ccccc1/C=C/C=N\Nc1nc(N2CCCCC2)nc(N2CCCCC2)n1. The molecule has 0 saturated carbocycles. The van der Waals surface area contributed by atoms with E-state index in [0.717, 1.165) is 43.6 Å². The van der Waals surface area contributed by atoms with Crippen LogP contribution in [-0.2, 0) is 0 Å². The highest BCUT2D eigenvalue weighted by Gasteiger charge is 2.20. The smallest absolute Gasteiger partial charge is 0.250 e. The number of benzene rings is 1. The number of allylic oxidation sites excluding steroid dienone is 1. The molecule has 1 aromatic carbocycles. The van der Waals surface area contributed by atoms with Gasteiger partial charge < -0.3 is 9.80 Å². The molecule has 2 aliphatic heterocycles. The van der Waals surface area contributed by atoms with Crippen LogP contribution in [0.3, 0.4) is 0 Å². The second kappa shape index (κ2) is 10.4. The topological polar surface area (TPSA) is 69.5 Å². The number of nitrogens with zero attached hydrogens (tertiary/aromatic N) is 6. The molecule has 7 nitrogen and oxygen atoms in total. The van der Waals surface area contributed by atoms with E-state index in [1.807, 2.05) is 36.4 Å². The zero-order valence-corrected chi connectivity index (χ0v) is 17.9. The Bertz CT molecular complexity index is 851. The molecular weight excluding hydrogens is 398 g/mol. The summed E-state index contributed by atoms with van der Waals surface area (Å²) < 4.78 is 0. The minimum absolute atomic E-state index is 0.480. The number of halogens is 1. The first-order valence-electron chi connectivity index (χ1n) is 10.8. The third kappa shape index (κ3) is 5.48. The van der Waals surface area contributed by atoms with Gasteiger partial charge in [-0.25, -0.2) is 5.43 Å². The third-order valence-electron chi connectivity index (χ3n) is 5.40. The van der Waals surface area contributed by atoms with Crippen molar-refractivity contribution in [2.75, 3.05) is 41.4 Å². The van der Waals surface area contributed by atoms with Gasteiger partial charge in [0.2, 0.25) is 17.8 Å². The van der Waals surface area contributed by atoms with Crippen molar-refractivity contribution in [3.05, 3.63) is 40.9 Å². The quantitative estimate of drug-likeness (QED) is 0.538. The van der Waals surface area contributed by atoms with Crippen LogP contribution in [0, 0.1) is 0 Å². The number of aromatic nitrogens is 3. The molecule has 2 aliphatic rings. The number of rotatable bonds is 6. The molecule has 30 heavy (non-hydrogen) atoms. The van der Waals surface area contributed by atoms with Gasteiger partial charge in [-0.2, -0.15) is 20.1 Å². The molecule has 0 spiro atoms. The van der Waals surface area contributed by atoms with E-state index in [2.05, 4.69) is 30.3 Å². The van der Waals surface area contributed by atoms with E-state index in [1.165, 1.54) is 38.5 Å². The molecule has 0 unspecified atom stereocenters. The number of piperidine rings is 2. The summed E-state index contributed by atoms with van der Waals surface area (Å²) in [5, 5.41) is 4.98. The highest BCUT2D eigenvalue weighted by molar-refractivity contribution is 6.32. The Morgan fingerprint density at radius 1 is 0.833 bits per heavy atom. The molecule has 8 heteroatoms. The number of hydrogen-bond acceptors (Lipinski definition) is 7. The van der Waals surface area contributed by atoms with Gasteiger partial charge in [-0.15, -0.1) is 0 Å². The molecule has 2 fully saturated rings. The highest BCUT2D eigenvalue weighted by atomic mass is 35.5. The van der Waals surface area contributed by atoms with Crippen molar-refractivity contribution in [3.63, 3.8) is 0 Å². The standard InChI is InChI=1S/C22H28ClN7/c23-19-12-4-3-10-18(19)11-9-13-24-28-20-25-21(29-14-5-1-6-15-29)27-22(26-20)30-16-7-2-8-17-30/h3-4,9-13H,1-2,5-8,14-17H2,(H,25,26,27,28)/b11-9+,24-13-. The van der Waals surface area contributed by atoms with Crippen molar-refractivity contribution in [1.29, 1.82) is 0 Å². The summed E-state index contributed by atoms with van der Waals surface area (Å²) in [4.78, 5) is 18.6. The zero-order chi connectivity index (χ0) is 20.6. The Kier molecular flexibility index (Phi) is 7.13. The number of nitrogens with one attached hydrogen (secondary N) is 1. The summed E-state index contributed by atoms with van der Waals surface area (Å²) >= 11 is 6.17. The number of hydrogen-bond donors (Lipinski definition) is 1. The Hall–Kier alpha value is -2.67. The summed E-state index contributed by atoms with van der Waals surface area (Å²) in [6.45, 7) is 3.97. The van der Waals surface area contributed by atoms with Crippen LogP contribution in [-0.4, -0.2) is 47.3 Å². The molecule has 2 aromatic rings. The molecule has 0 amide bonds. The van der Waals surface area contributed by atoms with Crippen LogP contribution in [0.25, 0.3) is 6.08 Å². The first kappa shape index (κ1) is 20.6. The van der Waals surface area contributed by atoms with Gasteiger partial charge in [-0.05, 0) is 56.2 Å². The summed E-state index contributed by atoms with van der Waals surface area (Å²) in [6, 6.07) is 7.69. The fourth-order valence-electron chi connectivity index (χ4n) is 3.77. The molecular formula is C22H28ClN7. The van der Waals surface area contributed by atoms with Gasteiger partial charge in [0.25, 0.3) is 0 Å². The average Bonchev–Trinajstić information content (AvgIpc) is 2.81. The summed E-state index contributed by atoms with van der Waals surface area (Å²) in [5.74, 6) is 1.97. The van der Waals surface area contributed by atoms with Crippen LogP contribution in [0.4, 0.5) is 17.8 Å². The molecule has 1 N–H and O–H groups in total. The fourth-order valence-corrected chi connectivity index (χ4v) is 3.97. The second-order valence-electron chi connectivity index (χ2n) is 7.63. The van der Waals surface area contributed by atoms with E-state index < -0.39 is 0 Å². The van der Waals surface area contributed by atoms with Crippen molar-refractivity contribution in [3.8, 4) is 0 Å². The van der Waals surface area contributed by atoms with Crippen LogP contribution < -0.4 is 15.2 Å². The highest BCUT2D eigenvalue weighted by Crippen LogP contribution is 2.22. The largest absolute Gasteiger partial charge is 0.341 e. The van der Waals surface area contributed by atoms with E-state index in [1.54, 1.807) is 6.21 Å². The van der Waals surface area contributed by atoms with Gasteiger partial charge >= 0.3 is 0 Å². The van der Waals surface area contributed by atoms with Gasteiger partial charge in [-0.1, -0.05) is 35.9 Å². The molecule has 4 rings (SSSR count). The lowest BCUT2D eigenvalue weighted by molar-refractivity contribution is 0.556. The maximum atomic E-state index is 6.17. The van der Waals surface area contributed by atoms with Crippen LogP contribution in [0.2, 0.25) is 5.02 Å². The molecule has 0 atom stereocenters. The molecule has 0 bridgehead atoms. The lowest BCUT2D eigenvalue weighted by Crippen LogP contribution is -2.34. The average molecular weight is 426 g/mol. The summed E-state index contributed by atoms with van der Waals surface area (Å²) in [5.41, 5.74) is 3.92. The Balaban J connectivity index is 1.48. The molecule has 2 saturated heterocycles. The van der Waals surface area contributed by atoms with Crippen molar-refractivity contribution in [1.82, 2.24) is 15.0 Å².